The lowest BCUT2D eigenvalue weighted by atomic mass is 9.83. The molecule has 36 heavy (non-hydrogen) atoms. The number of carbonyl (C=O) groups is 1. The number of rotatable bonds is 4. The fourth-order valence-corrected chi connectivity index (χ4v) is 5.12. The number of amides is 1. The van der Waals surface area contributed by atoms with Gasteiger partial charge in [0.25, 0.3) is 0 Å². The average molecular weight is 515 g/mol. The minimum atomic E-state index is -4.62. The lowest BCUT2D eigenvalue weighted by molar-refractivity contribution is -0.138. The van der Waals surface area contributed by atoms with Crippen LogP contribution in [-0.2, 0) is 29.2 Å². The number of benzene rings is 2. The second kappa shape index (κ2) is 9.61. The molecule has 196 valence electrons. The Morgan fingerprint density at radius 1 is 0.944 bits per heavy atom. The maximum atomic E-state index is 13.5. The third-order valence-electron chi connectivity index (χ3n) is 6.91. The van der Waals surface area contributed by atoms with Crippen molar-refractivity contribution >= 4 is 6.09 Å². The molecule has 1 saturated heterocycles. The summed E-state index contributed by atoms with van der Waals surface area (Å²) in [6.45, 7) is 1.10. The van der Waals surface area contributed by atoms with Crippen molar-refractivity contribution in [2.45, 2.75) is 76.1 Å². The maximum absolute atomic E-state index is 13.5. The van der Waals surface area contributed by atoms with Gasteiger partial charge in [0.15, 0.2) is 0 Å². The van der Waals surface area contributed by atoms with Crippen LogP contribution in [0.15, 0.2) is 36.4 Å². The number of halogens is 6. The molecule has 1 N–H and O–H groups in total. The Hall–Kier alpha value is -2.75. The summed E-state index contributed by atoms with van der Waals surface area (Å²) in [5.74, 6) is 0. The van der Waals surface area contributed by atoms with E-state index >= 15 is 0 Å². The van der Waals surface area contributed by atoms with Gasteiger partial charge in [-0.3, -0.25) is 4.90 Å². The molecule has 1 aliphatic heterocycles. The molecular weight excluding hydrogens is 488 g/mol. The molecule has 2 aromatic rings. The summed E-state index contributed by atoms with van der Waals surface area (Å²) in [6.07, 6.45) is -7.00. The van der Waals surface area contributed by atoms with Gasteiger partial charge in [0, 0.05) is 6.54 Å². The minimum absolute atomic E-state index is 0.131. The molecule has 1 atom stereocenters. The van der Waals surface area contributed by atoms with Crippen molar-refractivity contribution < 1.29 is 41.0 Å². The van der Waals surface area contributed by atoms with Crippen LogP contribution in [0.3, 0.4) is 0 Å². The van der Waals surface area contributed by atoms with Crippen LogP contribution in [0.1, 0.15) is 78.0 Å². The largest absolute Gasteiger partial charge is 0.439 e. The molecule has 2 aromatic carbocycles. The van der Waals surface area contributed by atoms with E-state index in [1.54, 1.807) is 0 Å². The third kappa shape index (κ3) is 5.63. The zero-order valence-electron chi connectivity index (χ0n) is 19.7. The Morgan fingerprint density at radius 3 is 2.19 bits per heavy atom. The Labute approximate surface area is 204 Å². The maximum Gasteiger partial charge on any atom is 0.416 e. The molecule has 10 heteroatoms. The number of alkyl halides is 6. The van der Waals surface area contributed by atoms with E-state index in [4.69, 9.17) is 4.74 Å². The zero-order valence-corrected chi connectivity index (χ0v) is 19.7. The number of aliphatic hydroxyl groups is 1. The molecule has 1 saturated carbocycles. The molecule has 0 aromatic heterocycles. The Balaban J connectivity index is 1.65. The van der Waals surface area contributed by atoms with Crippen LogP contribution < -0.4 is 0 Å². The van der Waals surface area contributed by atoms with Gasteiger partial charge in [-0.25, -0.2) is 4.79 Å². The minimum Gasteiger partial charge on any atom is -0.439 e. The fraction of sp³-hybridized carbons (Fsp3) is 0.500. The van der Waals surface area contributed by atoms with Crippen molar-refractivity contribution in [2.24, 2.45) is 0 Å². The standard InChI is InChI=1S/C26H27F6NO3/c1-16-10-17(12-20(11-16)26(30,31)32)22-15-33(23(34)36-22)14-18-13-19(25(27,28)29)6-7-21(18)24(35)8-4-2-3-5-9-24/h6-7,10-13,22,35H,2-5,8-9,14-15H2,1H3. The first-order valence-electron chi connectivity index (χ1n) is 11.8. The lowest BCUT2D eigenvalue weighted by Gasteiger charge is -2.31. The summed E-state index contributed by atoms with van der Waals surface area (Å²) in [4.78, 5) is 13.8. The highest BCUT2D eigenvalue weighted by molar-refractivity contribution is 5.70. The number of hydrogen-bond acceptors (Lipinski definition) is 3. The van der Waals surface area contributed by atoms with Crippen LogP contribution >= 0.6 is 0 Å². The van der Waals surface area contributed by atoms with Gasteiger partial charge < -0.3 is 9.84 Å². The number of carbonyl (C=O) groups excluding carboxylic acids is 1. The third-order valence-corrected chi connectivity index (χ3v) is 6.91. The normalized spacial score (nSPS) is 20.8. The molecule has 0 spiro atoms. The van der Waals surface area contributed by atoms with Gasteiger partial charge in [0.1, 0.15) is 6.10 Å². The number of cyclic esters (lactones) is 1. The van der Waals surface area contributed by atoms with Crippen molar-refractivity contribution in [1.29, 1.82) is 0 Å². The average Bonchev–Trinajstić information content (AvgIpc) is 2.99. The smallest absolute Gasteiger partial charge is 0.416 e. The molecule has 1 aliphatic carbocycles. The van der Waals surface area contributed by atoms with Crippen molar-refractivity contribution in [2.75, 3.05) is 6.54 Å². The number of aryl methyl sites for hydroxylation is 1. The van der Waals surface area contributed by atoms with Gasteiger partial charge in [-0.15, -0.1) is 0 Å². The summed E-state index contributed by atoms with van der Waals surface area (Å²) in [6, 6.07) is 6.53. The van der Waals surface area contributed by atoms with E-state index in [0.29, 0.717) is 24.0 Å². The van der Waals surface area contributed by atoms with E-state index in [9.17, 15) is 36.2 Å². The molecule has 2 fully saturated rings. The van der Waals surface area contributed by atoms with Gasteiger partial charge in [-0.1, -0.05) is 43.4 Å². The summed E-state index contributed by atoms with van der Waals surface area (Å²) in [7, 11) is 0. The molecular formula is C26H27F6NO3. The summed E-state index contributed by atoms with van der Waals surface area (Å²) in [5, 5.41) is 11.4. The van der Waals surface area contributed by atoms with Crippen molar-refractivity contribution in [3.8, 4) is 0 Å². The molecule has 4 nitrogen and oxygen atoms in total. The zero-order chi connectivity index (χ0) is 26.3. The topological polar surface area (TPSA) is 49.8 Å². The van der Waals surface area contributed by atoms with Crippen LogP contribution in [0.5, 0.6) is 0 Å². The van der Waals surface area contributed by atoms with Crippen molar-refractivity contribution in [3.63, 3.8) is 0 Å². The molecule has 1 amide bonds. The van der Waals surface area contributed by atoms with Gasteiger partial charge in [0.2, 0.25) is 0 Å². The predicted octanol–water partition coefficient (Wildman–Crippen LogP) is 7.27. The lowest BCUT2D eigenvalue weighted by Crippen LogP contribution is -2.30. The molecule has 0 radical (unpaired) electrons. The fourth-order valence-electron chi connectivity index (χ4n) is 5.12. The molecule has 2 aliphatic rings. The van der Waals surface area contributed by atoms with Gasteiger partial charge in [-0.2, -0.15) is 26.3 Å². The second-order valence-corrected chi connectivity index (χ2v) is 9.70. The Morgan fingerprint density at radius 2 is 1.58 bits per heavy atom. The number of ether oxygens (including phenoxy) is 1. The molecule has 0 bridgehead atoms. The van der Waals surface area contributed by atoms with Crippen LogP contribution in [0.25, 0.3) is 0 Å². The first-order valence-corrected chi connectivity index (χ1v) is 11.8. The monoisotopic (exact) mass is 515 g/mol. The highest BCUT2D eigenvalue weighted by Gasteiger charge is 2.39. The van der Waals surface area contributed by atoms with Crippen LogP contribution in [0.2, 0.25) is 0 Å². The van der Waals surface area contributed by atoms with Crippen LogP contribution in [0, 0.1) is 6.92 Å². The Bertz CT molecular complexity index is 1120. The van der Waals surface area contributed by atoms with Gasteiger partial charge in [0.05, 0.1) is 23.3 Å². The van der Waals surface area contributed by atoms with E-state index in [2.05, 4.69) is 0 Å². The van der Waals surface area contributed by atoms with Crippen molar-refractivity contribution in [3.05, 3.63) is 69.8 Å². The van der Waals surface area contributed by atoms with Gasteiger partial charge >= 0.3 is 18.4 Å². The van der Waals surface area contributed by atoms with E-state index < -0.39 is 41.3 Å². The van der Waals surface area contributed by atoms with E-state index in [1.807, 2.05) is 0 Å². The van der Waals surface area contributed by atoms with Crippen LogP contribution in [0.4, 0.5) is 31.1 Å². The number of hydrogen-bond donors (Lipinski definition) is 1. The van der Waals surface area contributed by atoms with Crippen LogP contribution in [-0.4, -0.2) is 22.6 Å². The van der Waals surface area contributed by atoms with E-state index in [-0.39, 0.29) is 24.2 Å². The molecule has 4 rings (SSSR count). The Kier molecular flexibility index (Phi) is 7.02. The summed E-state index contributed by atoms with van der Waals surface area (Å²) >= 11 is 0. The van der Waals surface area contributed by atoms with E-state index in [1.165, 1.54) is 24.0 Å². The number of nitrogens with zero attached hydrogens (tertiary/aromatic N) is 1. The molecule has 1 heterocycles. The first-order chi connectivity index (χ1) is 16.8. The highest BCUT2D eigenvalue weighted by atomic mass is 19.4. The summed E-state index contributed by atoms with van der Waals surface area (Å²) in [5.41, 5.74) is -2.12. The quantitative estimate of drug-likeness (QED) is 0.344. The van der Waals surface area contributed by atoms with E-state index in [0.717, 1.165) is 49.9 Å². The SMILES string of the molecule is Cc1cc(C2CN(Cc3cc(C(F)(F)F)ccc3C3(O)CCCCCC3)C(=O)O2)cc(C(F)(F)F)c1. The molecule has 1 unspecified atom stereocenters. The van der Waals surface area contributed by atoms with Crippen molar-refractivity contribution in [1.82, 2.24) is 4.90 Å². The second-order valence-electron chi connectivity index (χ2n) is 9.70. The first kappa shape index (κ1) is 26.3. The highest BCUT2D eigenvalue weighted by Crippen LogP contribution is 2.41. The predicted molar refractivity (Wildman–Crippen MR) is 119 cm³/mol. The summed E-state index contributed by atoms with van der Waals surface area (Å²) < 4.78 is 85.6. The van der Waals surface area contributed by atoms with Gasteiger partial charge in [-0.05, 0) is 60.7 Å².